The molecule has 0 aliphatic carbocycles. The predicted molar refractivity (Wildman–Crippen MR) is 120 cm³/mol. The van der Waals surface area contributed by atoms with Gasteiger partial charge in [0, 0.05) is 35.3 Å². The van der Waals surface area contributed by atoms with Crippen molar-refractivity contribution >= 4 is 5.71 Å². The van der Waals surface area contributed by atoms with Gasteiger partial charge in [-0.05, 0) is 65.6 Å². The Labute approximate surface area is 187 Å². The van der Waals surface area contributed by atoms with Gasteiger partial charge in [0.15, 0.2) is 17.5 Å². The molecule has 4 aromatic rings. The topological polar surface area (TPSA) is 47.2 Å². The maximum absolute atomic E-state index is 13.5. The zero-order chi connectivity index (χ0) is 23.1. The lowest BCUT2D eigenvalue weighted by atomic mass is 9.96. The number of rotatable bonds is 4. The van der Waals surface area contributed by atoms with E-state index >= 15 is 0 Å². The van der Waals surface area contributed by atoms with Gasteiger partial charge in [-0.15, -0.1) is 0 Å². The number of hydrogen-bond acceptors (Lipinski definition) is 3. The second kappa shape index (κ2) is 8.16. The van der Waals surface area contributed by atoms with Gasteiger partial charge in [-0.3, -0.25) is 14.8 Å². The third-order valence-electron chi connectivity index (χ3n) is 5.67. The lowest BCUT2D eigenvalue weighted by Crippen LogP contribution is -2.19. The van der Waals surface area contributed by atoms with E-state index in [0.29, 0.717) is 12.1 Å². The van der Waals surface area contributed by atoms with Crippen LogP contribution in [0.3, 0.4) is 0 Å². The van der Waals surface area contributed by atoms with Crippen LogP contribution < -0.4 is 5.56 Å². The van der Waals surface area contributed by atoms with Gasteiger partial charge in [0.1, 0.15) is 0 Å². The van der Waals surface area contributed by atoms with Crippen molar-refractivity contribution in [3.05, 3.63) is 123 Å². The van der Waals surface area contributed by atoms with Crippen LogP contribution in [0.2, 0.25) is 0 Å². The number of nitrogens with zero attached hydrogens (tertiary/aromatic N) is 3. The summed E-state index contributed by atoms with van der Waals surface area (Å²) in [5, 5.41) is 0. The smallest absolute Gasteiger partial charge is 0.251 e. The van der Waals surface area contributed by atoms with E-state index in [4.69, 9.17) is 0 Å². The molecule has 0 fully saturated rings. The van der Waals surface area contributed by atoms with Crippen molar-refractivity contribution in [1.29, 1.82) is 0 Å². The Morgan fingerprint density at radius 3 is 2.39 bits per heavy atom. The number of fused-ring (bicyclic) bond motifs is 1. The quantitative estimate of drug-likeness (QED) is 0.414. The zero-order valence-electron chi connectivity index (χ0n) is 17.6. The number of halogens is 3. The fourth-order valence-corrected chi connectivity index (χ4v) is 4.02. The Kier molecular flexibility index (Phi) is 5.17. The Balaban J connectivity index is 1.46. The lowest BCUT2D eigenvalue weighted by molar-refractivity contribution is 0.444. The molecule has 0 saturated carbocycles. The highest BCUT2D eigenvalue weighted by Gasteiger charge is 2.19. The van der Waals surface area contributed by atoms with Gasteiger partial charge in [-0.2, -0.15) is 0 Å². The average Bonchev–Trinajstić information content (AvgIpc) is 3.22. The molecule has 1 aliphatic heterocycles. The summed E-state index contributed by atoms with van der Waals surface area (Å²) in [6, 6.07) is 14.9. The number of aryl methyl sites for hydroxylation is 1. The minimum Gasteiger partial charge on any atom is -0.311 e. The number of benzene rings is 2. The highest BCUT2D eigenvalue weighted by Crippen LogP contribution is 2.28. The molecule has 33 heavy (non-hydrogen) atoms. The van der Waals surface area contributed by atoms with Gasteiger partial charge in [0.05, 0.1) is 18.8 Å². The first kappa shape index (κ1) is 20.9. The molecule has 4 nitrogen and oxygen atoms in total. The molecule has 0 N–H and O–H groups in total. The summed E-state index contributed by atoms with van der Waals surface area (Å²) in [5.74, 6) is -4.09. The molecule has 2 aromatic carbocycles. The van der Waals surface area contributed by atoms with Gasteiger partial charge >= 0.3 is 0 Å². The largest absolute Gasteiger partial charge is 0.311 e. The first-order chi connectivity index (χ1) is 15.9. The molecule has 0 amide bonds. The van der Waals surface area contributed by atoms with Crippen molar-refractivity contribution in [3.8, 4) is 11.1 Å². The molecule has 0 radical (unpaired) electrons. The van der Waals surface area contributed by atoms with Crippen LogP contribution >= 0.6 is 0 Å². The molecule has 0 saturated heterocycles. The standard InChI is InChI=1S/C26H18F3N3O/c1-15-8-19(4-6-30-15)26-21-11-17(2-3-20(21)13-31-26)18-5-7-32(24(33)12-18)14-16-9-22(27)25(29)23(28)10-16/h2-12H,13-14H2,1H3. The Morgan fingerprint density at radius 2 is 1.67 bits per heavy atom. The van der Waals surface area contributed by atoms with E-state index in [1.807, 2.05) is 37.3 Å². The summed E-state index contributed by atoms with van der Waals surface area (Å²) in [4.78, 5) is 21.6. The van der Waals surface area contributed by atoms with Crippen molar-refractivity contribution in [2.75, 3.05) is 0 Å². The highest BCUT2D eigenvalue weighted by atomic mass is 19.2. The van der Waals surface area contributed by atoms with Crippen molar-refractivity contribution in [3.63, 3.8) is 0 Å². The SMILES string of the molecule is Cc1cc(C2=NCc3ccc(-c4ccn(Cc5cc(F)c(F)c(F)c5)c(=O)c4)cc32)ccn1. The van der Waals surface area contributed by atoms with Crippen molar-refractivity contribution in [2.24, 2.45) is 4.99 Å². The summed E-state index contributed by atoms with van der Waals surface area (Å²) in [6.07, 6.45) is 3.32. The molecular formula is C26H18F3N3O. The van der Waals surface area contributed by atoms with Crippen LogP contribution in [-0.4, -0.2) is 15.3 Å². The molecular weight excluding hydrogens is 427 g/mol. The normalized spacial score (nSPS) is 12.5. The fraction of sp³-hybridized carbons (Fsp3) is 0.115. The van der Waals surface area contributed by atoms with Gasteiger partial charge in [0.25, 0.3) is 5.56 Å². The third kappa shape index (κ3) is 3.98. The van der Waals surface area contributed by atoms with Crippen LogP contribution in [0.5, 0.6) is 0 Å². The minimum atomic E-state index is -1.53. The van der Waals surface area contributed by atoms with E-state index in [2.05, 4.69) is 9.98 Å². The number of hydrogen-bond donors (Lipinski definition) is 0. The molecule has 0 atom stereocenters. The van der Waals surface area contributed by atoms with Crippen molar-refractivity contribution < 1.29 is 13.2 Å². The number of pyridine rings is 2. The second-order valence-electron chi connectivity index (χ2n) is 7.98. The Bertz CT molecular complexity index is 1470. The van der Waals surface area contributed by atoms with Gasteiger partial charge < -0.3 is 4.57 Å². The third-order valence-corrected chi connectivity index (χ3v) is 5.67. The van der Waals surface area contributed by atoms with Gasteiger partial charge in [-0.1, -0.05) is 12.1 Å². The summed E-state index contributed by atoms with van der Waals surface area (Å²) < 4.78 is 41.5. The summed E-state index contributed by atoms with van der Waals surface area (Å²) in [6.45, 7) is 2.45. The van der Waals surface area contributed by atoms with Crippen molar-refractivity contribution in [2.45, 2.75) is 20.0 Å². The number of aromatic nitrogens is 2. The van der Waals surface area contributed by atoms with Crippen molar-refractivity contribution in [1.82, 2.24) is 9.55 Å². The fourth-order valence-electron chi connectivity index (χ4n) is 4.02. The van der Waals surface area contributed by atoms with E-state index in [1.165, 1.54) is 10.6 Å². The molecule has 0 spiro atoms. The maximum atomic E-state index is 13.5. The summed E-state index contributed by atoms with van der Waals surface area (Å²) >= 11 is 0. The average molecular weight is 445 g/mol. The highest BCUT2D eigenvalue weighted by molar-refractivity contribution is 6.15. The lowest BCUT2D eigenvalue weighted by Gasteiger charge is -2.10. The number of aliphatic imine (C=N–C) groups is 1. The van der Waals surface area contributed by atoms with Crippen LogP contribution in [-0.2, 0) is 13.1 Å². The molecule has 0 bridgehead atoms. The first-order valence-corrected chi connectivity index (χ1v) is 10.3. The van der Waals surface area contributed by atoms with Gasteiger partial charge in [0.2, 0.25) is 0 Å². The molecule has 1 aliphatic rings. The molecule has 0 unspecified atom stereocenters. The van der Waals surface area contributed by atoms with E-state index in [1.54, 1.807) is 18.5 Å². The first-order valence-electron chi connectivity index (χ1n) is 10.3. The molecule has 3 heterocycles. The monoisotopic (exact) mass is 445 g/mol. The minimum absolute atomic E-state index is 0.0738. The zero-order valence-corrected chi connectivity index (χ0v) is 17.6. The van der Waals surface area contributed by atoms with E-state index in [0.717, 1.165) is 45.8 Å². The summed E-state index contributed by atoms with van der Waals surface area (Å²) in [7, 11) is 0. The summed E-state index contributed by atoms with van der Waals surface area (Å²) in [5.41, 5.74) is 6.31. The van der Waals surface area contributed by atoms with Crippen LogP contribution in [0.4, 0.5) is 13.2 Å². The van der Waals surface area contributed by atoms with Crippen LogP contribution in [0.1, 0.15) is 27.9 Å². The van der Waals surface area contributed by atoms with E-state index in [9.17, 15) is 18.0 Å². The Morgan fingerprint density at radius 1 is 0.909 bits per heavy atom. The Hall–Kier alpha value is -4.00. The molecule has 5 rings (SSSR count). The van der Waals surface area contributed by atoms with Crippen LogP contribution in [0, 0.1) is 24.4 Å². The molecule has 164 valence electrons. The van der Waals surface area contributed by atoms with E-state index < -0.39 is 17.5 Å². The maximum Gasteiger partial charge on any atom is 0.251 e. The van der Waals surface area contributed by atoms with E-state index in [-0.39, 0.29) is 17.7 Å². The second-order valence-corrected chi connectivity index (χ2v) is 7.98. The predicted octanol–water partition coefficient (Wildman–Crippen LogP) is 5.04. The van der Waals surface area contributed by atoms with Gasteiger partial charge in [-0.25, -0.2) is 13.2 Å². The molecule has 7 heteroatoms. The van der Waals surface area contributed by atoms with Crippen LogP contribution in [0.15, 0.2) is 76.8 Å². The molecule has 2 aromatic heterocycles. The van der Waals surface area contributed by atoms with Crippen LogP contribution in [0.25, 0.3) is 11.1 Å².